The van der Waals surface area contributed by atoms with Gasteiger partial charge in [0.25, 0.3) is 0 Å². The van der Waals surface area contributed by atoms with E-state index in [2.05, 4.69) is 21.0 Å². The van der Waals surface area contributed by atoms with Crippen LogP contribution in [0, 0.1) is 0 Å². The fourth-order valence-electron chi connectivity index (χ4n) is 3.89. The molecule has 5 nitrogen and oxygen atoms in total. The van der Waals surface area contributed by atoms with Crippen LogP contribution in [0.25, 0.3) is 0 Å². The molecule has 0 saturated carbocycles. The number of hydrogen-bond acceptors (Lipinski definition) is 5. The monoisotopic (exact) mass is 408 g/mol. The molecule has 1 N–H and O–H groups in total. The molecule has 2 atom stereocenters. The predicted octanol–water partition coefficient (Wildman–Crippen LogP) is 3.51. The fraction of sp³-hybridized carbons (Fsp3) is 0.429. The Hall–Kier alpha value is -2.29. The molecule has 2 heterocycles. The summed E-state index contributed by atoms with van der Waals surface area (Å²) < 4.78 is 53.4. The van der Waals surface area contributed by atoms with Gasteiger partial charge >= 0.3 is 6.36 Å². The molecule has 0 radical (unpaired) electrons. The first-order valence-corrected chi connectivity index (χ1v) is 9.62. The van der Waals surface area contributed by atoms with Gasteiger partial charge in [0.2, 0.25) is 0 Å². The van der Waals surface area contributed by atoms with Crippen molar-refractivity contribution < 1.29 is 27.4 Å². The number of ether oxygens (including phenoxy) is 3. The first-order valence-electron chi connectivity index (χ1n) is 9.62. The van der Waals surface area contributed by atoms with Crippen molar-refractivity contribution in [3.05, 3.63) is 59.7 Å². The average Bonchev–Trinajstić information content (AvgIpc) is 2.71. The summed E-state index contributed by atoms with van der Waals surface area (Å²) in [5.41, 5.74) is 1.70. The standard InChI is InChI=1S/C21H23F3N2O3/c22-21(23,24)29-16-5-3-4-15(12-16)13-27-19-14-28-18-7-2-1-6-17(18)20(19)26-10-8-25-9-11-26/h1-7,12,19-20,25H,8-11,13-14H2/t19-,20-/m1/s1. The van der Waals surface area contributed by atoms with Crippen molar-refractivity contribution in [2.45, 2.75) is 25.1 Å². The third kappa shape index (κ3) is 5.01. The maximum Gasteiger partial charge on any atom is 0.573 e. The number of piperazine rings is 1. The van der Waals surface area contributed by atoms with Gasteiger partial charge in [0.05, 0.1) is 12.6 Å². The van der Waals surface area contributed by atoms with E-state index in [1.165, 1.54) is 18.2 Å². The van der Waals surface area contributed by atoms with Crippen molar-refractivity contribution in [1.29, 1.82) is 0 Å². The highest BCUT2D eigenvalue weighted by Gasteiger charge is 2.36. The molecule has 8 heteroatoms. The van der Waals surface area contributed by atoms with Crippen molar-refractivity contribution in [1.82, 2.24) is 10.2 Å². The second kappa shape index (κ2) is 8.61. The van der Waals surface area contributed by atoms with Crippen LogP contribution < -0.4 is 14.8 Å². The normalized spacial score (nSPS) is 22.6. The Bertz CT molecular complexity index is 825. The molecule has 0 spiro atoms. The molecule has 29 heavy (non-hydrogen) atoms. The van der Waals surface area contributed by atoms with Crippen LogP contribution in [0.5, 0.6) is 11.5 Å². The summed E-state index contributed by atoms with van der Waals surface area (Å²) in [5, 5.41) is 3.36. The topological polar surface area (TPSA) is 43.0 Å². The third-order valence-corrected chi connectivity index (χ3v) is 5.13. The molecule has 2 aliphatic rings. The van der Waals surface area contributed by atoms with Crippen molar-refractivity contribution in [2.24, 2.45) is 0 Å². The summed E-state index contributed by atoms with van der Waals surface area (Å²) >= 11 is 0. The number of fused-ring (bicyclic) bond motifs is 1. The zero-order chi connectivity index (χ0) is 20.3. The molecule has 156 valence electrons. The van der Waals surface area contributed by atoms with Crippen LogP contribution in [0.15, 0.2) is 48.5 Å². The maximum absolute atomic E-state index is 12.5. The lowest BCUT2D eigenvalue weighted by molar-refractivity contribution is -0.274. The highest BCUT2D eigenvalue weighted by molar-refractivity contribution is 5.38. The minimum atomic E-state index is -4.71. The van der Waals surface area contributed by atoms with E-state index in [0.29, 0.717) is 12.2 Å². The van der Waals surface area contributed by atoms with Crippen LogP contribution in [0.1, 0.15) is 17.2 Å². The zero-order valence-electron chi connectivity index (χ0n) is 15.8. The van der Waals surface area contributed by atoms with E-state index in [1.807, 2.05) is 18.2 Å². The summed E-state index contributed by atoms with van der Waals surface area (Å²) in [7, 11) is 0. The van der Waals surface area contributed by atoms with Gasteiger partial charge in [0.1, 0.15) is 24.2 Å². The van der Waals surface area contributed by atoms with Gasteiger partial charge in [-0.3, -0.25) is 4.90 Å². The third-order valence-electron chi connectivity index (χ3n) is 5.13. The van der Waals surface area contributed by atoms with Gasteiger partial charge in [-0.05, 0) is 23.8 Å². The number of alkyl halides is 3. The van der Waals surface area contributed by atoms with E-state index >= 15 is 0 Å². The SMILES string of the molecule is FC(F)(F)Oc1cccc(CO[C@@H]2COc3ccccc3[C@H]2N2CCNCC2)c1. The lowest BCUT2D eigenvalue weighted by Crippen LogP contribution is -2.51. The van der Waals surface area contributed by atoms with E-state index in [9.17, 15) is 13.2 Å². The van der Waals surface area contributed by atoms with Gasteiger partial charge in [-0.15, -0.1) is 13.2 Å². The number of hydrogen-bond donors (Lipinski definition) is 1. The van der Waals surface area contributed by atoms with Crippen LogP contribution >= 0.6 is 0 Å². The van der Waals surface area contributed by atoms with Gasteiger partial charge in [0, 0.05) is 31.7 Å². The molecule has 0 bridgehead atoms. The van der Waals surface area contributed by atoms with Crippen LogP contribution in [0.4, 0.5) is 13.2 Å². The molecule has 0 amide bonds. The second-order valence-corrected chi connectivity index (χ2v) is 7.12. The number of rotatable bonds is 5. The lowest BCUT2D eigenvalue weighted by atomic mass is 9.95. The van der Waals surface area contributed by atoms with Crippen molar-refractivity contribution in [3.63, 3.8) is 0 Å². The molecule has 0 unspecified atom stereocenters. The molecular formula is C21H23F3N2O3. The molecule has 2 aromatic carbocycles. The van der Waals surface area contributed by atoms with E-state index in [0.717, 1.165) is 37.5 Å². The molecule has 1 saturated heterocycles. The molecule has 2 aliphatic heterocycles. The van der Waals surface area contributed by atoms with E-state index in [4.69, 9.17) is 9.47 Å². The molecule has 0 aromatic heterocycles. The molecule has 2 aromatic rings. The highest BCUT2D eigenvalue weighted by Crippen LogP contribution is 2.38. The summed E-state index contributed by atoms with van der Waals surface area (Å²) in [5.74, 6) is 0.610. The Kier molecular flexibility index (Phi) is 5.94. The van der Waals surface area contributed by atoms with Crippen LogP contribution in [-0.2, 0) is 11.3 Å². The van der Waals surface area contributed by atoms with Crippen molar-refractivity contribution in [3.8, 4) is 11.5 Å². The van der Waals surface area contributed by atoms with E-state index in [1.54, 1.807) is 6.07 Å². The Balaban J connectivity index is 1.49. The van der Waals surface area contributed by atoms with Crippen molar-refractivity contribution >= 4 is 0 Å². The maximum atomic E-state index is 12.5. The van der Waals surface area contributed by atoms with Gasteiger partial charge in [-0.25, -0.2) is 0 Å². The smallest absolute Gasteiger partial charge is 0.490 e. The van der Waals surface area contributed by atoms with E-state index in [-0.39, 0.29) is 24.5 Å². The fourth-order valence-corrected chi connectivity index (χ4v) is 3.89. The van der Waals surface area contributed by atoms with Gasteiger partial charge in [-0.1, -0.05) is 30.3 Å². The van der Waals surface area contributed by atoms with Crippen LogP contribution in [0.3, 0.4) is 0 Å². The number of halogens is 3. The number of nitrogens with zero attached hydrogens (tertiary/aromatic N) is 1. The largest absolute Gasteiger partial charge is 0.573 e. The van der Waals surface area contributed by atoms with Crippen LogP contribution in [0.2, 0.25) is 0 Å². The van der Waals surface area contributed by atoms with Gasteiger partial charge in [-0.2, -0.15) is 0 Å². The van der Waals surface area contributed by atoms with Gasteiger partial charge in [0.15, 0.2) is 0 Å². The quantitative estimate of drug-likeness (QED) is 0.820. The number of nitrogens with one attached hydrogen (secondary N) is 1. The summed E-state index contributed by atoms with van der Waals surface area (Å²) in [4.78, 5) is 2.38. The highest BCUT2D eigenvalue weighted by atomic mass is 19.4. The second-order valence-electron chi connectivity index (χ2n) is 7.12. The zero-order valence-corrected chi connectivity index (χ0v) is 15.8. The molecular weight excluding hydrogens is 385 g/mol. The molecule has 1 fully saturated rings. The Labute approximate surface area is 167 Å². The van der Waals surface area contributed by atoms with Gasteiger partial charge < -0.3 is 19.5 Å². The lowest BCUT2D eigenvalue weighted by Gasteiger charge is -2.42. The Morgan fingerprint density at radius 2 is 1.86 bits per heavy atom. The first kappa shape index (κ1) is 20.0. The Morgan fingerprint density at radius 1 is 1.07 bits per heavy atom. The van der Waals surface area contributed by atoms with Crippen LogP contribution in [-0.4, -0.2) is 50.2 Å². The number of para-hydroxylation sites is 1. The Morgan fingerprint density at radius 3 is 2.66 bits per heavy atom. The summed E-state index contributed by atoms with van der Waals surface area (Å²) in [6, 6.07) is 13.9. The minimum Gasteiger partial charge on any atom is -0.490 e. The minimum absolute atomic E-state index is 0.0386. The predicted molar refractivity (Wildman–Crippen MR) is 101 cm³/mol. The number of benzene rings is 2. The molecule has 0 aliphatic carbocycles. The first-order chi connectivity index (χ1) is 14.0. The molecule has 4 rings (SSSR count). The van der Waals surface area contributed by atoms with Crippen molar-refractivity contribution in [2.75, 3.05) is 32.8 Å². The summed E-state index contributed by atoms with van der Waals surface area (Å²) in [6.07, 6.45) is -4.94. The summed E-state index contributed by atoms with van der Waals surface area (Å²) in [6.45, 7) is 4.17. The van der Waals surface area contributed by atoms with E-state index < -0.39 is 6.36 Å². The average molecular weight is 408 g/mol.